The first-order valence-corrected chi connectivity index (χ1v) is 26.8. The van der Waals surface area contributed by atoms with Gasteiger partial charge in [0.2, 0.25) is 41.4 Å². The molecule has 30 heteroatoms. The highest BCUT2D eigenvalue weighted by Crippen LogP contribution is 2.21. The van der Waals surface area contributed by atoms with Crippen molar-refractivity contribution in [1.29, 1.82) is 0 Å². The first kappa shape index (κ1) is 65.0. The van der Waals surface area contributed by atoms with E-state index in [0.29, 0.717) is 17.5 Å². The minimum Gasteiger partial charge on any atom is -0.480 e. The number of thiol groups is 2. The molecule has 3 aromatic rings. The molecule has 0 bridgehead atoms. The van der Waals surface area contributed by atoms with E-state index >= 15 is 0 Å². The standard InChI is InChI=1S/C48H73BrN18O9S2/c1-25(61-42(72)35(23-77)65-39(69)30(50)9-5-17-57-46(51)52)38(68)62-32(11-6-18-58-47(53)54)40(70)64-34(20-26-13-15-28(49)16-14-26)44(74)67(2)37(12-7-19-59-48(55)56)43(73)63-33(41(71)66-36(24-78)45(75)76)21-27-22-60-31-10-4-3-8-29(27)31/h3-4,8,10,13-16,22,25,30,32-37,60,77-78H,5-7,9,11-12,17-21,23-24,50H2,1-2H3,(H,61,72)(H,62,68)(H,63,73)(H,64,70)(H,65,69)(H,66,71)(H,75,76)(H4,51,52,57)(H4,53,54,58)(H4,55,56,59)/t25-,30+,32+,33-,34-,35+,36+,37+/m1/s1. The molecule has 3 rings (SSSR count). The number of hydrogen-bond donors (Lipinski definition) is 17. The first-order chi connectivity index (χ1) is 36.9. The van der Waals surface area contributed by atoms with Crippen molar-refractivity contribution >= 4 is 117 Å². The summed E-state index contributed by atoms with van der Waals surface area (Å²) in [5, 5.41) is 26.1. The third-order valence-corrected chi connectivity index (χ3v) is 13.3. The van der Waals surface area contributed by atoms with Crippen molar-refractivity contribution in [2.75, 3.05) is 38.2 Å². The van der Waals surface area contributed by atoms with E-state index in [1.807, 2.05) is 18.2 Å². The maximum atomic E-state index is 15.0. The van der Waals surface area contributed by atoms with E-state index in [1.54, 1.807) is 36.5 Å². The Balaban J connectivity index is 1.98. The summed E-state index contributed by atoms with van der Waals surface area (Å²) >= 11 is 11.7. The second-order valence-electron chi connectivity index (χ2n) is 18.1. The molecule has 0 spiro atoms. The van der Waals surface area contributed by atoms with Crippen LogP contribution in [0.4, 0.5) is 0 Å². The van der Waals surface area contributed by atoms with Gasteiger partial charge in [-0.25, -0.2) is 4.79 Å². The number of aliphatic imine (C=N–C) groups is 3. The minimum atomic E-state index is -1.42. The van der Waals surface area contributed by atoms with Gasteiger partial charge in [0.05, 0.1) is 6.04 Å². The molecular weight excluding hydrogens is 1120 g/mol. The summed E-state index contributed by atoms with van der Waals surface area (Å²) in [5.41, 5.74) is 40.9. The Bertz CT molecular complexity index is 2610. The summed E-state index contributed by atoms with van der Waals surface area (Å²) in [6.45, 7) is 1.66. The number of halogens is 1. The van der Waals surface area contributed by atoms with E-state index in [-0.39, 0.29) is 94.0 Å². The summed E-state index contributed by atoms with van der Waals surface area (Å²) in [6.07, 6.45) is 2.14. The number of aliphatic carboxylic acids is 1. The molecule has 0 unspecified atom stereocenters. The van der Waals surface area contributed by atoms with Crippen molar-refractivity contribution in [3.05, 3.63) is 70.3 Å². The maximum Gasteiger partial charge on any atom is 0.327 e. The molecule has 7 amide bonds. The summed E-state index contributed by atoms with van der Waals surface area (Å²) in [4.78, 5) is 126. The molecule has 0 radical (unpaired) electrons. The molecule has 8 atom stereocenters. The second kappa shape index (κ2) is 33.1. The molecule has 22 N–H and O–H groups in total. The van der Waals surface area contributed by atoms with Gasteiger partial charge in [0.25, 0.3) is 0 Å². The fraction of sp³-hybridized carbons (Fsp3) is 0.479. The molecule has 1 aromatic heterocycles. The first-order valence-electron chi connectivity index (χ1n) is 24.7. The average molecular weight is 1190 g/mol. The average Bonchev–Trinajstić information content (AvgIpc) is 3.80. The van der Waals surface area contributed by atoms with Crippen LogP contribution < -0.4 is 72.0 Å². The van der Waals surface area contributed by atoms with E-state index in [1.165, 1.54) is 14.0 Å². The summed E-state index contributed by atoms with van der Waals surface area (Å²) in [7, 11) is 1.34. The Morgan fingerprint density at radius 3 is 1.69 bits per heavy atom. The lowest BCUT2D eigenvalue weighted by molar-refractivity contribution is -0.144. The molecule has 0 aliphatic carbocycles. The fourth-order valence-corrected chi connectivity index (χ4v) is 8.52. The van der Waals surface area contributed by atoms with Gasteiger partial charge in [-0.05, 0) is 74.8 Å². The summed E-state index contributed by atoms with van der Waals surface area (Å²) < 4.78 is 0.718. The van der Waals surface area contributed by atoms with Crippen LogP contribution in [0.3, 0.4) is 0 Å². The van der Waals surface area contributed by atoms with Crippen LogP contribution in [0, 0.1) is 0 Å². The number of carboxylic acid groups (broad SMARTS) is 1. The Labute approximate surface area is 470 Å². The van der Waals surface area contributed by atoms with Gasteiger partial charge >= 0.3 is 5.97 Å². The Morgan fingerprint density at radius 2 is 1.12 bits per heavy atom. The lowest BCUT2D eigenvalue weighted by Gasteiger charge is -2.33. The molecule has 78 heavy (non-hydrogen) atoms. The van der Waals surface area contributed by atoms with E-state index < -0.39 is 95.7 Å². The minimum absolute atomic E-state index is 0.0374. The molecule has 0 saturated carbocycles. The van der Waals surface area contributed by atoms with Crippen LogP contribution >= 0.6 is 41.2 Å². The highest BCUT2D eigenvalue weighted by Gasteiger charge is 2.37. The number of carbonyl (C=O) groups excluding carboxylic acids is 7. The zero-order chi connectivity index (χ0) is 58.1. The molecule has 27 nitrogen and oxygen atoms in total. The van der Waals surface area contributed by atoms with E-state index in [2.05, 4.69) is 93.0 Å². The van der Waals surface area contributed by atoms with Crippen molar-refractivity contribution in [2.24, 2.45) is 55.1 Å². The summed E-state index contributed by atoms with van der Waals surface area (Å²) in [6, 6.07) is 3.64. The van der Waals surface area contributed by atoms with Crippen LogP contribution in [0.1, 0.15) is 56.6 Å². The largest absolute Gasteiger partial charge is 0.480 e. The number of carboxylic acids is 1. The highest BCUT2D eigenvalue weighted by atomic mass is 79.9. The number of aromatic nitrogens is 1. The number of rotatable bonds is 33. The molecule has 428 valence electrons. The van der Waals surface area contributed by atoms with Gasteiger partial charge in [-0.3, -0.25) is 48.5 Å². The smallest absolute Gasteiger partial charge is 0.327 e. The number of likely N-dealkylation sites (N-methyl/N-ethyl adjacent to an activating group) is 1. The van der Waals surface area contributed by atoms with Crippen LogP contribution in [-0.4, -0.2) is 167 Å². The fourth-order valence-electron chi connectivity index (χ4n) is 7.75. The van der Waals surface area contributed by atoms with Crippen molar-refractivity contribution in [1.82, 2.24) is 41.8 Å². The van der Waals surface area contributed by atoms with E-state index in [4.69, 9.17) is 40.1 Å². The number of nitrogens with two attached hydrogens (primary N) is 7. The number of amides is 7. The van der Waals surface area contributed by atoms with Gasteiger partial charge in [0.15, 0.2) is 17.9 Å². The number of benzene rings is 2. The van der Waals surface area contributed by atoms with Crippen molar-refractivity contribution in [3.63, 3.8) is 0 Å². The third-order valence-electron chi connectivity index (χ3n) is 12.0. The number of H-pyrrole nitrogens is 1. The number of nitrogens with one attached hydrogen (secondary N) is 7. The van der Waals surface area contributed by atoms with Crippen LogP contribution in [-0.2, 0) is 51.2 Å². The molecule has 1 heterocycles. The number of guanidine groups is 3. The third kappa shape index (κ3) is 22.0. The monoisotopic (exact) mass is 1190 g/mol. The SMILES string of the molecule is C[C@@H](NC(=O)[C@H](CS)NC(=O)[C@@H](N)CCCN=C(N)N)C(=O)N[C@@H](CCCN=C(N)N)C(=O)N[C@H](Cc1ccc(Br)cc1)C(=O)N(C)[C@@H](CCCN=C(N)N)C(=O)N[C@H](Cc1c[nH]c2ccccc12)C(=O)N[C@@H](CS)C(=O)O. The molecule has 0 fully saturated rings. The predicted molar refractivity (Wildman–Crippen MR) is 307 cm³/mol. The van der Waals surface area contributed by atoms with E-state index in [9.17, 15) is 43.5 Å². The van der Waals surface area contributed by atoms with Crippen molar-refractivity contribution in [2.45, 2.75) is 107 Å². The maximum absolute atomic E-state index is 15.0. The zero-order valence-electron chi connectivity index (χ0n) is 43.3. The van der Waals surface area contributed by atoms with Gasteiger partial charge < -0.3 is 87.0 Å². The summed E-state index contributed by atoms with van der Waals surface area (Å²) in [5.74, 6) is -7.89. The number of fused-ring (bicyclic) bond motifs is 1. The lowest BCUT2D eigenvalue weighted by atomic mass is 10.0. The van der Waals surface area contributed by atoms with Crippen LogP contribution in [0.5, 0.6) is 0 Å². The van der Waals surface area contributed by atoms with Gasteiger partial charge in [0.1, 0.15) is 42.3 Å². The second-order valence-corrected chi connectivity index (χ2v) is 19.7. The van der Waals surface area contributed by atoms with Crippen molar-refractivity contribution in [3.8, 4) is 0 Å². The quantitative estimate of drug-likeness (QED) is 0.0124. The van der Waals surface area contributed by atoms with Gasteiger partial charge in [-0.2, -0.15) is 25.3 Å². The van der Waals surface area contributed by atoms with Gasteiger partial charge in [-0.1, -0.05) is 46.3 Å². The topological polar surface area (TPSA) is 467 Å². The van der Waals surface area contributed by atoms with Crippen LogP contribution in [0.2, 0.25) is 0 Å². The molecule has 2 aromatic carbocycles. The molecule has 0 aliphatic rings. The van der Waals surface area contributed by atoms with Crippen LogP contribution in [0.25, 0.3) is 10.9 Å². The molecule has 0 saturated heterocycles. The van der Waals surface area contributed by atoms with E-state index in [0.717, 1.165) is 20.3 Å². The Hall–Kier alpha value is -7.31. The molecule has 0 aliphatic heterocycles. The lowest BCUT2D eigenvalue weighted by Crippen LogP contribution is -2.60. The number of carbonyl (C=O) groups is 8. The zero-order valence-corrected chi connectivity index (χ0v) is 46.7. The number of nitrogens with zero attached hydrogens (tertiary/aromatic N) is 4. The predicted octanol–water partition coefficient (Wildman–Crippen LogP) is -3.10. The number of aromatic amines is 1. The van der Waals surface area contributed by atoms with Gasteiger partial charge in [0, 0.05) is 72.6 Å². The Kier molecular flexibility index (Phi) is 27.6. The Morgan fingerprint density at radius 1 is 0.615 bits per heavy atom. The van der Waals surface area contributed by atoms with Crippen molar-refractivity contribution < 1.29 is 43.5 Å². The number of para-hydroxylation sites is 1. The van der Waals surface area contributed by atoms with Crippen LogP contribution in [0.15, 0.2) is 74.2 Å². The van der Waals surface area contributed by atoms with Gasteiger partial charge in [-0.15, -0.1) is 0 Å². The number of hydrogen-bond acceptors (Lipinski definition) is 14. The highest BCUT2D eigenvalue weighted by molar-refractivity contribution is 9.10. The normalized spacial score (nSPS) is 14.0. The molecular formula is C48H73BrN18O9S2.